The Balaban J connectivity index is 4.11. The largest absolute Gasteiger partial charge is 0.300 e. The van der Waals surface area contributed by atoms with Gasteiger partial charge in [-0.25, -0.2) is 0 Å². The van der Waals surface area contributed by atoms with E-state index in [2.05, 4.69) is 27.7 Å². The summed E-state index contributed by atoms with van der Waals surface area (Å²) < 4.78 is 0. The van der Waals surface area contributed by atoms with Crippen molar-refractivity contribution in [1.82, 2.24) is 0 Å². The fourth-order valence-corrected chi connectivity index (χ4v) is 1.64. The van der Waals surface area contributed by atoms with Crippen LogP contribution in [0.3, 0.4) is 0 Å². The van der Waals surface area contributed by atoms with E-state index in [4.69, 9.17) is 0 Å². The third-order valence-corrected chi connectivity index (χ3v) is 2.66. The molecule has 13 heavy (non-hydrogen) atoms. The van der Waals surface area contributed by atoms with E-state index in [1.54, 1.807) is 6.92 Å². The quantitative estimate of drug-likeness (QED) is 0.635. The first-order chi connectivity index (χ1) is 5.88. The van der Waals surface area contributed by atoms with E-state index >= 15 is 0 Å². The summed E-state index contributed by atoms with van der Waals surface area (Å²) in [4.78, 5) is 11.1. The molecule has 0 spiro atoms. The van der Waals surface area contributed by atoms with E-state index in [-0.39, 0.29) is 5.41 Å². The SMILES string of the molecule is CCCCC(CC(C)=O)C(C)(C)C. The van der Waals surface area contributed by atoms with Gasteiger partial charge >= 0.3 is 0 Å². The van der Waals surface area contributed by atoms with Crippen molar-refractivity contribution in [2.45, 2.75) is 60.3 Å². The summed E-state index contributed by atoms with van der Waals surface area (Å²) in [6.07, 6.45) is 4.42. The van der Waals surface area contributed by atoms with Gasteiger partial charge in [0.2, 0.25) is 0 Å². The van der Waals surface area contributed by atoms with Gasteiger partial charge in [0, 0.05) is 6.42 Å². The molecule has 0 fully saturated rings. The Kier molecular flexibility index (Phi) is 5.27. The monoisotopic (exact) mass is 184 g/mol. The fraction of sp³-hybridized carbons (Fsp3) is 0.917. The fourth-order valence-electron chi connectivity index (χ4n) is 1.64. The third-order valence-electron chi connectivity index (χ3n) is 2.66. The average Bonchev–Trinajstić information content (AvgIpc) is 1.95. The third kappa shape index (κ3) is 5.84. The Labute approximate surface area is 82.9 Å². The molecule has 0 heterocycles. The first kappa shape index (κ1) is 12.7. The molecule has 0 aromatic heterocycles. The highest BCUT2D eigenvalue weighted by molar-refractivity contribution is 5.75. The molecular weight excluding hydrogens is 160 g/mol. The normalized spacial score (nSPS) is 14.2. The van der Waals surface area contributed by atoms with Gasteiger partial charge in [0.1, 0.15) is 5.78 Å². The summed E-state index contributed by atoms with van der Waals surface area (Å²) in [6, 6.07) is 0. The Hall–Kier alpha value is -0.330. The van der Waals surface area contributed by atoms with Crippen LogP contribution in [0.4, 0.5) is 0 Å². The van der Waals surface area contributed by atoms with Crippen molar-refractivity contribution >= 4 is 5.78 Å². The van der Waals surface area contributed by atoms with Crippen LogP contribution in [0.25, 0.3) is 0 Å². The van der Waals surface area contributed by atoms with Gasteiger partial charge in [-0.1, -0.05) is 40.5 Å². The molecular formula is C12H24O. The lowest BCUT2D eigenvalue weighted by molar-refractivity contribution is -0.118. The molecule has 0 radical (unpaired) electrons. The van der Waals surface area contributed by atoms with Crippen LogP contribution in [0.5, 0.6) is 0 Å². The Bertz CT molecular complexity index is 153. The molecule has 0 aromatic rings. The van der Waals surface area contributed by atoms with Crippen LogP contribution in [0, 0.1) is 11.3 Å². The average molecular weight is 184 g/mol. The van der Waals surface area contributed by atoms with Crippen LogP contribution < -0.4 is 0 Å². The second-order valence-corrected chi connectivity index (χ2v) is 5.11. The van der Waals surface area contributed by atoms with Gasteiger partial charge in [-0.15, -0.1) is 0 Å². The van der Waals surface area contributed by atoms with Gasteiger partial charge in [-0.2, -0.15) is 0 Å². The zero-order chi connectivity index (χ0) is 10.5. The van der Waals surface area contributed by atoms with Gasteiger partial charge in [-0.3, -0.25) is 0 Å². The Morgan fingerprint density at radius 2 is 1.85 bits per heavy atom. The number of carbonyl (C=O) groups is 1. The molecule has 0 aliphatic heterocycles. The molecule has 1 unspecified atom stereocenters. The van der Waals surface area contributed by atoms with Crippen LogP contribution in [0.1, 0.15) is 60.3 Å². The highest BCUT2D eigenvalue weighted by atomic mass is 16.1. The molecule has 1 nitrogen and oxygen atoms in total. The Morgan fingerprint density at radius 3 is 2.15 bits per heavy atom. The molecule has 0 N–H and O–H groups in total. The van der Waals surface area contributed by atoms with Crippen LogP contribution in [-0.4, -0.2) is 5.78 Å². The van der Waals surface area contributed by atoms with Crippen molar-refractivity contribution in [3.63, 3.8) is 0 Å². The summed E-state index contributed by atoms with van der Waals surface area (Å²) in [5.74, 6) is 0.890. The number of unbranched alkanes of at least 4 members (excludes halogenated alkanes) is 1. The van der Waals surface area contributed by atoms with Gasteiger partial charge < -0.3 is 4.79 Å². The molecule has 0 aromatic carbocycles. The maximum Gasteiger partial charge on any atom is 0.130 e. The molecule has 0 rings (SSSR count). The van der Waals surface area contributed by atoms with Crippen LogP contribution in [0.2, 0.25) is 0 Å². The lowest BCUT2D eigenvalue weighted by atomic mass is 9.75. The van der Waals surface area contributed by atoms with E-state index in [1.807, 2.05) is 0 Å². The molecule has 0 bridgehead atoms. The molecule has 0 aliphatic rings. The first-order valence-electron chi connectivity index (χ1n) is 5.37. The summed E-state index contributed by atoms with van der Waals surface area (Å²) >= 11 is 0. The zero-order valence-electron chi connectivity index (χ0n) is 9.81. The second kappa shape index (κ2) is 5.41. The lowest BCUT2D eigenvalue weighted by Gasteiger charge is -2.30. The molecule has 1 heteroatoms. The van der Waals surface area contributed by atoms with Gasteiger partial charge in [-0.05, 0) is 24.7 Å². The molecule has 0 saturated heterocycles. The first-order valence-corrected chi connectivity index (χ1v) is 5.37. The number of hydrogen-bond donors (Lipinski definition) is 0. The smallest absolute Gasteiger partial charge is 0.130 e. The lowest BCUT2D eigenvalue weighted by Crippen LogP contribution is -2.22. The molecule has 0 amide bonds. The minimum absolute atomic E-state index is 0.279. The number of ketones is 1. The summed E-state index contributed by atoms with van der Waals surface area (Å²) in [7, 11) is 0. The van der Waals surface area contributed by atoms with E-state index in [1.165, 1.54) is 19.3 Å². The van der Waals surface area contributed by atoms with Crippen LogP contribution in [0.15, 0.2) is 0 Å². The van der Waals surface area contributed by atoms with Crippen molar-refractivity contribution in [3.8, 4) is 0 Å². The minimum Gasteiger partial charge on any atom is -0.300 e. The molecule has 0 saturated carbocycles. The molecule has 78 valence electrons. The zero-order valence-corrected chi connectivity index (χ0v) is 9.81. The highest BCUT2D eigenvalue weighted by Gasteiger charge is 2.24. The van der Waals surface area contributed by atoms with E-state index < -0.39 is 0 Å². The molecule has 1 atom stereocenters. The van der Waals surface area contributed by atoms with Gasteiger partial charge in [0.15, 0.2) is 0 Å². The van der Waals surface area contributed by atoms with Crippen molar-refractivity contribution in [2.75, 3.05) is 0 Å². The summed E-state index contributed by atoms with van der Waals surface area (Å²) in [6.45, 7) is 10.6. The van der Waals surface area contributed by atoms with E-state index in [9.17, 15) is 4.79 Å². The van der Waals surface area contributed by atoms with Gasteiger partial charge in [0.05, 0.1) is 0 Å². The predicted octanol–water partition coefficient (Wildman–Crippen LogP) is 3.82. The standard InChI is InChI=1S/C12H24O/c1-6-7-8-11(9-10(2)13)12(3,4)5/h11H,6-9H2,1-5H3. The Morgan fingerprint density at radius 1 is 1.31 bits per heavy atom. The summed E-state index contributed by atoms with van der Waals surface area (Å²) in [5, 5.41) is 0. The van der Waals surface area contributed by atoms with Crippen molar-refractivity contribution in [2.24, 2.45) is 11.3 Å². The number of Topliss-reactive ketones (excluding diaryl/α,β-unsaturated/α-hetero) is 1. The maximum atomic E-state index is 11.1. The number of rotatable bonds is 5. The van der Waals surface area contributed by atoms with E-state index in [0.717, 1.165) is 6.42 Å². The topological polar surface area (TPSA) is 17.1 Å². The van der Waals surface area contributed by atoms with Gasteiger partial charge in [0.25, 0.3) is 0 Å². The van der Waals surface area contributed by atoms with Crippen molar-refractivity contribution in [3.05, 3.63) is 0 Å². The molecule has 0 aliphatic carbocycles. The van der Waals surface area contributed by atoms with Crippen LogP contribution >= 0.6 is 0 Å². The maximum absolute atomic E-state index is 11.1. The number of hydrogen-bond acceptors (Lipinski definition) is 1. The minimum atomic E-state index is 0.279. The van der Waals surface area contributed by atoms with Crippen LogP contribution in [-0.2, 0) is 4.79 Å². The van der Waals surface area contributed by atoms with Crippen molar-refractivity contribution in [1.29, 1.82) is 0 Å². The predicted molar refractivity (Wildman–Crippen MR) is 57.8 cm³/mol. The highest BCUT2D eigenvalue weighted by Crippen LogP contribution is 2.32. The van der Waals surface area contributed by atoms with Crippen molar-refractivity contribution < 1.29 is 4.79 Å². The second-order valence-electron chi connectivity index (χ2n) is 5.11. The number of carbonyl (C=O) groups excluding carboxylic acids is 1. The van der Waals surface area contributed by atoms with E-state index in [0.29, 0.717) is 11.7 Å². The summed E-state index contributed by atoms with van der Waals surface area (Å²) in [5.41, 5.74) is 0.279.